The first-order chi connectivity index (χ1) is 5.74. The molecule has 2 rings (SSSR count). The van der Waals surface area contributed by atoms with Crippen molar-refractivity contribution in [2.45, 2.75) is 44.4 Å². The smallest absolute Gasteiger partial charge is 0.0793 e. The van der Waals surface area contributed by atoms with Gasteiger partial charge < -0.3 is 5.11 Å². The Balaban J connectivity index is 2.17. The van der Waals surface area contributed by atoms with Crippen LogP contribution in [0.3, 0.4) is 0 Å². The van der Waals surface area contributed by atoms with Crippen molar-refractivity contribution < 1.29 is 5.11 Å². The van der Waals surface area contributed by atoms with Crippen LogP contribution >= 0.6 is 0 Å². The first-order valence-electron chi connectivity index (χ1n) is 4.53. The van der Waals surface area contributed by atoms with E-state index in [0.29, 0.717) is 5.92 Å². The predicted octanol–water partition coefficient (Wildman–Crippen LogP) is 0.901. The molecule has 1 saturated carbocycles. The van der Waals surface area contributed by atoms with Gasteiger partial charge in [-0.2, -0.15) is 0 Å². The summed E-state index contributed by atoms with van der Waals surface area (Å²) in [5, 5.41) is 14.1. The fraction of sp³-hybridized carbons (Fsp3) is 1.00. The maximum absolute atomic E-state index is 10.5. The van der Waals surface area contributed by atoms with Crippen LogP contribution in [-0.2, 0) is 0 Å². The molecule has 1 N–H and O–H groups in total. The van der Waals surface area contributed by atoms with E-state index in [4.69, 9.17) is 0 Å². The Morgan fingerprint density at radius 1 is 1.50 bits per heavy atom. The van der Waals surface area contributed by atoms with Crippen LogP contribution in [0.2, 0.25) is 0 Å². The average molecular weight is 170 g/mol. The van der Waals surface area contributed by atoms with E-state index in [1.165, 1.54) is 0 Å². The van der Waals surface area contributed by atoms with E-state index in [-0.39, 0.29) is 18.2 Å². The van der Waals surface area contributed by atoms with Crippen molar-refractivity contribution in [1.29, 1.82) is 0 Å². The van der Waals surface area contributed by atoms with Crippen LogP contribution in [0.25, 0.3) is 0 Å². The summed E-state index contributed by atoms with van der Waals surface area (Å²) in [4.78, 5) is 10.5. The second-order valence-corrected chi connectivity index (χ2v) is 3.94. The van der Waals surface area contributed by atoms with Gasteiger partial charge in [0, 0.05) is 6.04 Å². The Kier molecular flexibility index (Phi) is 1.79. The number of hydrogen-bond acceptors (Lipinski definition) is 3. The summed E-state index contributed by atoms with van der Waals surface area (Å²) in [5.41, 5.74) is 0. The second kappa shape index (κ2) is 2.69. The lowest BCUT2D eigenvalue weighted by molar-refractivity contribution is 0.0709. The number of aliphatic hydroxyl groups excluding tert-OH is 1. The molecule has 0 aromatic carbocycles. The molecule has 4 heteroatoms. The highest BCUT2D eigenvalue weighted by molar-refractivity contribution is 4.98. The monoisotopic (exact) mass is 170 g/mol. The first-order valence-corrected chi connectivity index (χ1v) is 4.53. The summed E-state index contributed by atoms with van der Waals surface area (Å²) in [7, 11) is 0. The summed E-state index contributed by atoms with van der Waals surface area (Å²) in [6.07, 6.45) is 2.54. The normalized spacial score (nSPS) is 46.3. The molecule has 12 heavy (non-hydrogen) atoms. The topological polar surface area (TPSA) is 52.9 Å². The van der Waals surface area contributed by atoms with Gasteiger partial charge in [-0.3, -0.25) is 5.01 Å². The zero-order chi connectivity index (χ0) is 8.72. The zero-order valence-electron chi connectivity index (χ0n) is 7.18. The van der Waals surface area contributed by atoms with Gasteiger partial charge >= 0.3 is 0 Å². The fourth-order valence-corrected chi connectivity index (χ4v) is 2.66. The average Bonchev–Trinajstić information content (AvgIpc) is 2.52. The van der Waals surface area contributed by atoms with Gasteiger partial charge in [0.05, 0.1) is 17.4 Å². The third-order valence-corrected chi connectivity index (χ3v) is 3.21. The van der Waals surface area contributed by atoms with Gasteiger partial charge in [-0.15, -0.1) is 4.91 Å². The molecule has 68 valence electrons. The van der Waals surface area contributed by atoms with Crippen LogP contribution in [0.5, 0.6) is 0 Å². The Bertz CT molecular complexity index is 197. The molecule has 4 nitrogen and oxygen atoms in total. The van der Waals surface area contributed by atoms with Crippen LogP contribution in [0, 0.1) is 10.8 Å². The Morgan fingerprint density at radius 2 is 2.25 bits per heavy atom. The largest absolute Gasteiger partial charge is 0.391 e. The summed E-state index contributed by atoms with van der Waals surface area (Å²) in [6.45, 7) is 1.99. The summed E-state index contributed by atoms with van der Waals surface area (Å²) in [5.74, 6) is 0.493. The number of hydrogen-bond donors (Lipinski definition) is 1. The Hall–Kier alpha value is -0.640. The molecule has 0 unspecified atom stereocenters. The maximum Gasteiger partial charge on any atom is 0.0793 e. The summed E-state index contributed by atoms with van der Waals surface area (Å²) < 4.78 is 0. The molecular weight excluding hydrogens is 156 g/mol. The molecule has 0 bridgehead atoms. The van der Waals surface area contributed by atoms with E-state index in [2.05, 4.69) is 5.29 Å². The number of rotatable bonds is 1. The van der Waals surface area contributed by atoms with E-state index < -0.39 is 0 Å². The third kappa shape index (κ3) is 0.941. The molecule has 0 amide bonds. The molecule has 1 aliphatic carbocycles. The van der Waals surface area contributed by atoms with Crippen LogP contribution in [-0.4, -0.2) is 28.3 Å². The molecule has 0 aromatic rings. The molecule has 0 spiro atoms. The number of nitrogens with zero attached hydrogens (tertiary/aromatic N) is 2. The quantitative estimate of drug-likeness (QED) is 0.595. The molecule has 4 atom stereocenters. The first kappa shape index (κ1) is 7.98. The van der Waals surface area contributed by atoms with Crippen molar-refractivity contribution >= 4 is 0 Å². The number of nitroso groups, excluding NO2 is 1. The summed E-state index contributed by atoms with van der Waals surface area (Å²) >= 11 is 0. The van der Waals surface area contributed by atoms with E-state index in [0.717, 1.165) is 19.3 Å². The molecule has 0 aromatic heterocycles. The second-order valence-electron chi connectivity index (χ2n) is 3.94. The van der Waals surface area contributed by atoms with E-state index >= 15 is 0 Å². The Labute approximate surface area is 71.5 Å². The van der Waals surface area contributed by atoms with Gasteiger partial charge in [0.2, 0.25) is 0 Å². The van der Waals surface area contributed by atoms with Crippen molar-refractivity contribution in [2.75, 3.05) is 0 Å². The van der Waals surface area contributed by atoms with Crippen LogP contribution < -0.4 is 0 Å². The highest BCUT2D eigenvalue weighted by Crippen LogP contribution is 2.41. The SMILES string of the molecule is C[C@@H]1C[C@@H]2CC[C@H](O)[C@H]2N1N=O. The standard InChI is InChI=1S/C8H14N2O2/c1-5-4-6-2-3-7(11)8(6)10(5)9-12/h5-8,11H,2-4H2,1H3/t5-,6+,7+,8+/m1/s1. The molecule has 2 fully saturated rings. The molecule has 2 aliphatic rings. The van der Waals surface area contributed by atoms with Crippen molar-refractivity contribution in [1.82, 2.24) is 5.01 Å². The van der Waals surface area contributed by atoms with E-state index in [1.807, 2.05) is 6.92 Å². The molecule has 1 saturated heterocycles. The lowest BCUT2D eigenvalue weighted by Gasteiger charge is -2.23. The van der Waals surface area contributed by atoms with Crippen molar-refractivity contribution in [3.63, 3.8) is 0 Å². The van der Waals surface area contributed by atoms with Gasteiger partial charge in [0.1, 0.15) is 0 Å². The van der Waals surface area contributed by atoms with E-state index in [9.17, 15) is 10.0 Å². The minimum Gasteiger partial charge on any atom is -0.391 e. The highest BCUT2D eigenvalue weighted by Gasteiger charge is 2.47. The van der Waals surface area contributed by atoms with Gasteiger partial charge in [-0.1, -0.05) is 0 Å². The molecule has 0 radical (unpaired) electrons. The van der Waals surface area contributed by atoms with Crippen molar-refractivity contribution in [3.05, 3.63) is 4.91 Å². The van der Waals surface area contributed by atoms with Crippen LogP contribution in [0.1, 0.15) is 26.2 Å². The molecule has 1 aliphatic heterocycles. The number of fused-ring (bicyclic) bond motifs is 1. The molecular formula is C8H14N2O2. The molecule has 1 heterocycles. The number of aliphatic hydroxyl groups is 1. The minimum absolute atomic E-state index is 0.0116. The van der Waals surface area contributed by atoms with Gasteiger partial charge in [0.15, 0.2) is 0 Å². The van der Waals surface area contributed by atoms with Gasteiger partial charge in [-0.25, -0.2) is 0 Å². The maximum atomic E-state index is 10.5. The van der Waals surface area contributed by atoms with Crippen LogP contribution in [0.15, 0.2) is 5.29 Å². The minimum atomic E-state index is -0.336. The van der Waals surface area contributed by atoms with Crippen molar-refractivity contribution in [3.8, 4) is 0 Å². The van der Waals surface area contributed by atoms with Gasteiger partial charge in [-0.05, 0) is 32.1 Å². The predicted molar refractivity (Wildman–Crippen MR) is 44.2 cm³/mol. The van der Waals surface area contributed by atoms with Crippen LogP contribution in [0.4, 0.5) is 0 Å². The highest BCUT2D eigenvalue weighted by atomic mass is 16.3. The lowest BCUT2D eigenvalue weighted by Crippen LogP contribution is -2.37. The Morgan fingerprint density at radius 3 is 2.92 bits per heavy atom. The fourth-order valence-electron chi connectivity index (χ4n) is 2.66. The zero-order valence-corrected chi connectivity index (χ0v) is 7.18. The van der Waals surface area contributed by atoms with E-state index in [1.54, 1.807) is 5.01 Å². The third-order valence-electron chi connectivity index (χ3n) is 3.21. The van der Waals surface area contributed by atoms with Gasteiger partial charge in [0.25, 0.3) is 0 Å². The van der Waals surface area contributed by atoms with Crippen molar-refractivity contribution in [2.24, 2.45) is 11.2 Å². The summed E-state index contributed by atoms with van der Waals surface area (Å²) in [6, 6.07) is 0.227. The lowest BCUT2D eigenvalue weighted by atomic mass is 10.0.